The molecule has 1 aromatic heterocycles. The van der Waals surface area contributed by atoms with Gasteiger partial charge in [-0.15, -0.1) is 0 Å². The van der Waals surface area contributed by atoms with E-state index in [1.54, 1.807) is 53.1 Å². The Labute approximate surface area is 230 Å². The minimum absolute atomic E-state index is 0.0870. The smallest absolute Gasteiger partial charge is 0.244 e. The molecular weight excluding hydrogens is 516 g/mol. The van der Waals surface area contributed by atoms with Crippen LogP contribution in [0.15, 0.2) is 65.6 Å². The van der Waals surface area contributed by atoms with Crippen LogP contribution in [-0.4, -0.2) is 50.3 Å². The maximum Gasteiger partial charge on any atom is 0.244 e. The normalized spacial score (nSPS) is 12.1. The van der Waals surface area contributed by atoms with Crippen molar-refractivity contribution in [3.63, 3.8) is 0 Å². The Morgan fingerprint density at radius 3 is 2.33 bits per heavy atom. The van der Waals surface area contributed by atoms with Crippen molar-refractivity contribution >= 4 is 28.3 Å². The van der Waals surface area contributed by atoms with E-state index in [0.717, 1.165) is 0 Å². The molecule has 5 rings (SSSR count). The topological polar surface area (TPSA) is 114 Å². The second-order valence-corrected chi connectivity index (χ2v) is 8.92. The summed E-state index contributed by atoms with van der Waals surface area (Å²) >= 11 is 0. The third-order valence-electron chi connectivity index (χ3n) is 6.40. The summed E-state index contributed by atoms with van der Waals surface area (Å²) in [4.78, 5) is 40.2. The molecule has 3 aromatic carbocycles. The molecule has 0 bridgehead atoms. The number of benzene rings is 3. The van der Waals surface area contributed by atoms with Gasteiger partial charge < -0.3 is 33.6 Å². The molecule has 4 aromatic rings. The third kappa shape index (κ3) is 5.28. The Morgan fingerprint density at radius 2 is 1.62 bits per heavy atom. The number of rotatable bonds is 9. The van der Waals surface area contributed by atoms with Crippen LogP contribution in [0.4, 0.5) is 5.69 Å². The zero-order valence-electron chi connectivity index (χ0n) is 22.3. The van der Waals surface area contributed by atoms with Gasteiger partial charge in [-0.1, -0.05) is 0 Å². The highest BCUT2D eigenvalue weighted by molar-refractivity contribution is 6.10. The maximum atomic E-state index is 13.6. The van der Waals surface area contributed by atoms with Gasteiger partial charge >= 0.3 is 0 Å². The zero-order valence-corrected chi connectivity index (χ0v) is 22.3. The Bertz CT molecular complexity index is 1640. The largest absolute Gasteiger partial charge is 0.494 e. The summed E-state index contributed by atoms with van der Waals surface area (Å²) in [5.74, 6) is 1.60. The lowest BCUT2D eigenvalue weighted by Crippen LogP contribution is -2.24. The van der Waals surface area contributed by atoms with Gasteiger partial charge in [-0.2, -0.15) is 0 Å². The van der Waals surface area contributed by atoms with Crippen LogP contribution in [-0.2, 0) is 11.3 Å². The van der Waals surface area contributed by atoms with Crippen LogP contribution in [0.2, 0.25) is 0 Å². The van der Waals surface area contributed by atoms with Crippen molar-refractivity contribution < 1.29 is 33.3 Å². The van der Waals surface area contributed by atoms with Crippen molar-refractivity contribution in [2.45, 2.75) is 13.5 Å². The van der Waals surface area contributed by atoms with Crippen LogP contribution in [0.1, 0.15) is 22.8 Å². The number of anilines is 1. The average molecular weight is 545 g/mol. The van der Waals surface area contributed by atoms with Gasteiger partial charge in [0.25, 0.3) is 0 Å². The highest BCUT2D eigenvalue weighted by Crippen LogP contribution is 2.33. The predicted octanol–water partition coefficient (Wildman–Crippen LogP) is 4.06. The van der Waals surface area contributed by atoms with Gasteiger partial charge in [-0.25, -0.2) is 0 Å². The number of amides is 1. The summed E-state index contributed by atoms with van der Waals surface area (Å²) in [6.07, 6.45) is 1.40. The molecule has 1 aliphatic heterocycles. The van der Waals surface area contributed by atoms with Crippen molar-refractivity contribution in [1.29, 1.82) is 0 Å². The van der Waals surface area contributed by atoms with Gasteiger partial charge in [0.15, 0.2) is 28.8 Å². The fourth-order valence-electron chi connectivity index (χ4n) is 4.51. The molecule has 10 nitrogen and oxygen atoms in total. The Kier molecular flexibility index (Phi) is 7.59. The monoisotopic (exact) mass is 544 g/mol. The van der Waals surface area contributed by atoms with Crippen LogP contribution in [0.3, 0.4) is 0 Å². The summed E-state index contributed by atoms with van der Waals surface area (Å²) < 4.78 is 29.0. The molecule has 1 aliphatic rings. The lowest BCUT2D eigenvalue weighted by molar-refractivity contribution is -0.116. The number of carbonyl (C=O) groups excluding carboxylic acids is 2. The van der Waals surface area contributed by atoms with E-state index in [2.05, 4.69) is 5.32 Å². The summed E-state index contributed by atoms with van der Waals surface area (Å²) in [7, 11) is 2.93. The molecule has 0 saturated heterocycles. The number of pyridine rings is 1. The second-order valence-electron chi connectivity index (χ2n) is 8.92. The van der Waals surface area contributed by atoms with Crippen molar-refractivity contribution in [2.24, 2.45) is 0 Å². The van der Waals surface area contributed by atoms with Gasteiger partial charge in [0.2, 0.25) is 11.3 Å². The molecule has 10 heteroatoms. The van der Waals surface area contributed by atoms with Crippen LogP contribution in [0.25, 0.3) is 10.9 Å². The van der Waals surface area contributed by atoms with Gasteiger partial charge in [-0.05, 0) is 49.4 Å². The fraction of sp³-hybridized carbons (Fsp3) is 0.233. The number of ketones is 1. The first-order valence-electron chi connectivity index (χ1n) is 12.7. The first kappa shape index (κ1) is 26.6. The van der Waals surface area contributed by atoms with E-state index in [9.17, 15) is 14.4 Å². The third-order valence-corrected chi connectivity index (χ3v) is 6.40. The van der Waals surface area contributed by atoms with E-state index in [1.807, 2.05) is 6.92 Å². The van der Waals surface area contributed by atoms with Crippen LogP contribution < -0.4 is 34.4 Å². The number of hydrogen-bond donors (Lipinski definition) is 1. The molecule has 0 spiro atoms. The van der Waals surface area contributed by atoms with Crippen molar-refractivity contribution in [2.75, 3.05) is 39.4 Å². The number of hydrogen-bond acceptors (Lipinski definition) is 8. The molecule has 0 aliphatic carbocycles. The van der Waals surface area contributed by atoms with E-state index < -0.39 is 11.2 Å². The van der Waals surface area contributed by atoms with Crippen LogP contribution in [0, 0.1) is 0 Å². The number of methoxy groups -OCH3 is 2. The lowest BCUT2D eigenvalue weighted by atomic mass is 10.0. The van der Waals surface area contributed by atoms with Gasteiger partial charge in [0.05, 0.1) is 37.3 Å². The SMILES string of the molecule is CCOc1ccc(C(=O)c2cn(CC(=O)Nc3ccc4c(c3)OCCO4)c3cc(OC)c(OC)cc3c2=O)cc1. The lowest BCUT2D eigenvalue weighted by Gasteiger charge is -2.19. The van der Waals surface area contributed by atoms with E-state index in [1.165, 1.54) is 26.5 Å². The number of nitrogens with zero attached hydrogens (tertiary/aromatic N) is 1. The van der Waals surface area contributed by atoms with Crippen LogP contribution in [0.5, 0.6) is 28.7 Å². The van der Waals surface area contributed by atoms with Crippen molar-refractivity contribution in [3.05, 3.63) is 82.1 Å². The van der Waals surface area contributed by atoms with Crippen molar-refractivity contribution in [3.8, 4) is 28.7 Å². The highest BCUT2D eigenvalue weighted by atomic mass is 16.6. The minimum Gasteiger partial charge on any atom is -0.494 e. The molecule has 206 valence electrons. The molecule has 0 unspecified atom stereocenters. The minimum atomic E-state index is -0.488. The fourth-order valence-corrected chi connectivity index (χ4v) is 4.51. The second kappa shape index (κ2) is 11.4. The number of ether oxygens (including phenoxy) is 5. The highest BCUT2D eigenvalue weighted by Gasteiger charge is 2.21. The first-order chi connectivity index (χ1) is 19.4. The maximum absolute atomic E-state index is 13.6. The molecular formula is C30H28N2O8. The molecule has 1 amide bonds. The quantitative estimate of drug-likeness (QED) is 0.314. The zero-order chi connectivity index (χ0) is 28.2. The molecule has 0 fully saturated rings. The Balaban J connectivity index is 1.53. The number of carbonyl (C=O) groups is 2. The number of fused-ring (bicyclic) bond motifs is 2. The average Bonchev–Trinajstić information content (AvgIpc) is 2.98. The molecule has 0 radical (unpaired) electrons. The standard InChI is InChI=1S/C30H28N2O8/c1-4-38-20-8-5-18(6-9-20)29(34)22-16-32(23-15-26(37-3)25(36-2)14-21(23)30(22)35)17-28(33)31-19-7-10-24-27(13-19)40-12-11-39-24/h5-10,13-16H,4,11-12,17H2,1-3H3,(H,31,33). The van der Waals surface area contributed by atoms with Gasteiger partial charge in [0, 0.05) is 29.6 Å². The summed E-state index contributed by atoms with van der Waals surface area (Å²) in [6.45, 7) is 3.05. The predicted molar refractivity (Wildman–Crippen MR) is 148 cm³/mol. The van der Waals surface area contributed by atoms with E-state index in [4.69, 9.17) is 23.7 Å². The van der Waals surface area contributed by atoms with Crippen molar-refractivity contribution in [1.82, 2.24) is 4.57 Å². The summed E-state index contributed by atoms with van der Waals surface area (Å²) in [6, 6.07) is 14.8. The molecule has 0 saturated carbocycles. The number of aromatic nitrogens is 1. The molecule has 0 atom stereocenters. The van der Waals surface area contributed by atoms with Gasteiger partial charge in [-0.3, -0.25) is 14.4 Å². The van der Waals surface area contributed by atoms with Gasteiger partial charge in [0.1, 0.15) is 25.5 Å². The first-order valence-corrected chi connectivity index (χ1v) is 12.7. The summed E-state index contributed by atoms with van der Waals surface area (Å²) in [5.41, 5.74) is 0.662. The molecule has 1 N–H and O–H groups in total. The molecule has 2 heterocycles. The Hall–Kier alpha value is -4.99. The molecule has 40 heavy (non-hydrogen) atoms. The number of nitrogens with one attached hydrogen (secondary N) is 1. The van der Waals surface area contributed by atoms with E-state index >= 15 is 0 Å². The van der Waals surface area contributed by atoms with E-state index in [0.29, 0.717) is 65.3 Å². The van der Waals surface area contributed by atoms with Crippen LogP contribution >= 0.6 is 0 Å². The Morgan fingerprint density at radius 1 is 0.925 bits per heavy atom. The van der Waals surface area contributed by atoms with E-state index in [-0.39, 0.29) is 23.4 Å². The summed E-state index contributed by atoms with van der Waals surface area (Å²) in [5, 5.41) is 3.05.